The van der Waals surface area contributed by atoms with Crippen molar-refractivity contribution in [3.8, 4) is 0 Å². The highest BCUT2D eigenvalue weighted by Gasteiger charge is 2.23. The third kappa shape index (κ3) is 2.75. The molecule has 0 aliphatic heterocycles. The van der Waals surface area contributed by atoms with Crippen LogP contribution in [0.2, 0.25) is 5.02 Å². The highest BCUT2D eigenvalue weighted by atomic mass is 35.5. The molecule has 3 rings (SSSR count). The van der Waals surface area contributed by atoms with Gasteiger partial charge in [0.2, 0.25) is 0 Å². The average Bonchev–Trinajstić information content (AvgIpc) is 3.05. The standard InChI is InChI=1S/C16H18ClN5O2/c1-5-24-16(23)12-9(2)19-15-14(13(12)17)20-10(3)22(15)8-11-6-18-21(4)7-11/h6-7H,5,8H2,1-4H3. The molecule has 126 valence electrons. The van der Waals surface area contributed by atoms with Gasteiger partial charge in [0.05, 0.1) is 30.1 Å². The molecule has 0 radical (unpaired) electrons. The lowest BCUT2D eigenvalue weighted by Crippen LogP contribution is -2.10. The Kier molecular flexibility index (Phi) is 4.28. The van der Waals surface area contributed by atoms with Crippen molar-refractivity contribution in [1.82, 2.24) is 24.3 Å². The molecule has 3 heterocycles. The van der Waals surface area contributed by atoms with Gasteiger partial charge in [-0.15, -0.1) is 0 Å². The summed E-state index contributed by atoms with van der Waals surface area (Å²) in [5.74, 6) is 0.289. The molecule has 0 saturated heterocycles. The Morgan fingerprint density at radius 3 is 2.71 bits per heavy atom. The molecule has 0 spiro atoms. The summed E-state index contributed by atoms with van der Waals surface area (Å²) in [5, 5.41) is 4.46. The van der Waals surface area contributed by atoms with E-state index in [1.165, 1.54) is 0 Å². The number of esters is 1. The number of aromatic nitrogens is 5. The molecular weight excluding hydrogens is 330 g/mol. The molecule has 0 saturated carbocycles. The molecule has 7 nitrogen and oxygen atoms in total. The molecule has 0 aliphatic carbocycles. The number of aryl methyl sites for hydroxylation is 3. The van der Waals surface area contributed by atoms with Crippen LogP contribution in [-0.4, -0.2) is 36.9 Å². The van der Waals surface area contributed by atoms with Crippen molar-refractivity contribution in [2.75, 3.05) is 6.61 Å². The monoisotopic (exact) mass is 347 g/mol. The number of carbonyl (C=O) groups excluding carboxylic acids is 1. The van der Waals surface area contributed by atoms with Crippen molar-refractivity contribution in [2.24, 2.45) is 7.05 Å². The lowest BCUT2D eigenvalue weighted by Gasteiger charge is -2.09. The Labute approximate surface area is 144 Å². The van der Waals surface area contributed by atoms with Gasteiger partial charge in [-0.25, -0.2) is 14.8 Å². The molecule has 0 aromatic carbocycles. The van der Waals surface area contributed by atoms with Crippen LogP contribution in [0, 0.1) is 13.8 Å². The van der Waals surface area contributed by atoms with Crippen LogP contribution in [0.5, 0.6) is 0 Å². The smallest absolute Gasteiger partial charge is 0.341 e. The zero-order valence-corrected chi connectivity index (χ0v) is 14.8. The molecule has 0 fully saturated rings. The van der Waals surface area contributed by atoms with Gasteiger partial charge >= 0.3 is 5.97 Å². The van der Waals surface area contributed by atoms with Crippen molar-refractivity contribution in [1.29, 1.82) is 0 Å². The minimum atomic E-state index is -0.478. The molecule has 3 aromatic heterocycles. The lowest BCUT2D eigenvalue weighted by atomic mass is 10.2. The number of halogens is 1. The maximum Gasteiger partial charge on any atom is 0.341 e. The maximum absolute atomic E-state index is 12.1. The summed E-state index contributed by atoms with van der Waals surface area (Å²) in [5.41, 5.74) is 2.99. The fraction of sp³-hybridized carbons (Fsp3) is 0.375. The Morgan fingerprint density at radius 1 is 1.33 bits per heavy atom. The molecule has 24 heavy (non-hydrogen) atoms. The van der Waals surface area contributed by atoms with Crippen molar-refractivity contribution in [3.63, 3.8) is 0 Å². The van der Waals surface area contributed by atoms with Crippen molar-refractivity contribution in [3.05, 3.63) is 40.1 Å². The first-order valence-corrected chi connectivity index (χ1v) is 7.97. The van der Waals surface area contributed by atoms with Gasteiger partial charge in [-0.05, 0) is 20.8 Å². The predicted molar refractivity (Wildman–Crippen MR) is 90.3 cm³/mol. The highest BCUT2D eigenvalue weighted by molar-refractivity contribution is 6.37. The van der Waals surface area contributed by atoms with Crippen LogP contribution in [0.1, 0.15) is 34.4 Å². The number of pyridine rings is 1. The highest BCUT2D eigenvalue weighted by Crippen LogP contribution is 2.29. The number of imidazole rings is 1. The van der Waals surface area contributed by atoms with E-state index < -0.39 is 5.97 Å². The normalized spacial score (nSPS) is 11.2. The summed E-state index contributed by atoms with van der Waals surface area (Å²) < 4.78 is 8.77. The second-order valence-electron chi connectivity index (χ2n) is 5.55. The van der Waals surface area contributed by atoms with E-state index in [-0.39, 0.29) is 17.2 Å². The summed E-state index contributed by atoms with van der Waals surface area (Å²) in [6.45, 7) is 6.24. The molecule has 3 aromatic rings. The molecule has 0 atom stereocenters. The number of nitrogens with zero attached hydrogens (tertiary/aromatic N) is 5. The van der Waals surface area contributed by atoms with Gasteiger partial charge in [0, 0.05) is 18.8 Å². The number of hydrogen-bond acceptors (Lipinski definition) is 5. The van der Waals surface area contributed by atoms with Crippen LogP contribution in [0.15, 0.2) is 12.4 Å². The van der Waals surface area contributed by atoms with Crippen molar-refractivity contribution >= 4 is 28.7 Å². The van der Waals surface area contributed by atoms with Gasteiger partial charge < -0.3 is 9.30 Å². The van der Waals surface area contributed by atoms with E-state index in [0.717, 1.165) is 11.4 Å². The van der Waals surface area contributed by atoms with Gasteiger partial charge in [-0.3, -0.25) is 4.68 Å². The first-order chi connectivity index (χ1) is 11.4. The number of ether oxygens (including phenoxy) is 1. The Morgan fingerprint density at radius 2 is 2.08 bits per heavy atom. The quantitative estimate of drug-likeness (QED) is 0.678. The minimum Gasteiger partial charge on any atom is -0.462 e. The van der Waals surface area contributed by atoms with Crippen LogP contribution in [-0.2, 0) is 18.3 Å². The third-order valence-corrected chi connectivity index (χ3v) is 4.14. The molecule has 0 N–H and O–H groups in total. The number of rotatable bonds is 4. The number of carbonyl (C=O) groups is 1. The zero-order chi connectivity index (χ0) is 17.4. The summed E-state index contributed by atoms with van der Waals surface area (Å²) in [6, 6.07) is 0. The Hall–Kier alpha value is -2.41. The van der Waals surface area contributed by atoms with Crippen LogP contribution in [0.25, 0.3) is 11.2 Å². The fourth-order valence-corrected chi connectivity index (χ4v) is 3.01. The molecule has 0 bridgehead atoms. The number of fused-ring (bicyclic) bond motifs is 1. The second kappa shape index (κ2) is 6.24. The summed E-state index contributed by atoms with van der Waals surface area (Å²) in [7, 11) is 1.87. The molecule has 8 heteroatoms. The van der Waals surface area contributed by atoms with Crippen LogP contribution in [0.3, 0.4) is 0 Å². The SMILES string of the molecule is CCOC(=O)c1c(C)nc2c(nc(C)n2Cc2cnn(C)c2)c1Cl. The zero-order valence-electron chi connectivity index (χ0n) is 14.0. The van der Waals surface area contributed by atoms with Gasteiger partial charge in [-0.1, -0.05) is 11.6 Å². The molecule has 0 aliphatic rings. The van der Waals surface area contributed by atoms with E-state index in [1.807, 2.05) is 24.7 Å². The van der Waals surface area contributed by atoms with Crippen LogP contribution >= 0.6 is 11.6 Å². The Bertz CT molecular complexity index is 928. The molecule has 0 unspecified atom stereocenters. The molecular formula is C16H18ClN5O2. The van der Waals surface area contributed by atoms with E-state index in [4.69, 9.17) is 16.3 Å². The minimum absolute atomic E-state index is 0.275. The maximum atomic E-state index is 12.1. The number of hydrogen-bond donors (Lipinski definition) is 0. The van der Waals surface area contributed by atoms with Gasteiger partial charge in [0.25, 0.3) is 0 Å². The van der Waals surface area contributed by atoms with E-state index in [9.17, 15) is 4.79 Å². The van der Waals surface area contributed by atoms with E-state index in [0.29, 0.717) is 23.4 Å². The van der Waals surface area contributed by atoms with E-state index in [2.05, 4.69) is 15.1 Å². The first kappa shape index (κ1) is 16.4. The van der Waals surface area contributed by atoms with Gasteiger partial charge in [0.15, 0.2) is 5.65 Å². The average molecular weight is 348 g/mol. The van der Waals surface area contributed by atoms with Crippen LogP contribution in [0.4, 0.5) is 0 Å². The largest absolute Gasteiger partial charge is 0.462 e. The first-order valence-electron chi connectivity index (χ1n) is 7.60. The second-order valence-corrected chi connectivity index (χ2v) is 5.92. The van der Waals surface area contributed by atoms with Gasteiger partial charge in [-0.2, -0.15) is 5.10 Å². The van der Waals surface area contributed by atoms with Gasteiger partial charge in [0.1, 0.15) is 16.9 Å². The van der Waals surface area contributed by atoms with E-state index >= 15 is 0 Å². The van der Waals surface area contributed by atoms with Crippen molar-refractivity contribution < 1.29 is 9.53 Å². The summed E-state index contributed by atoms with van der Waals surface area (Å²) >= 11 is 6.44. The van der Waals surface area contributed by atoms with E-state index in [1.54, 1.807) is 24.7 Å². The summed E-state index contributed by atoms with van der Waals surface area (Å²) in [4.78, 5) is 21.2. The summed E-state index contributed by atoms with van der Waals surface area (Å²) in [6.07, 6.45) is 3.74. The Balaban J connectivity index is 2.13. The van der Waals surface area contributed by atoms with Crippen molar-refractivity contribution in [2.45, 2.75) is 27.3 Å². The predicted octanol–water partition coefficient (Wildman–Crippen LogP) is 2.66. The third-order valence-electron chi connectivity index (χ3n) is 3.77. The fourth-order valence-electron chi connectivity index (χ4n) is 2.67. The lowest BCUT2D eigenvalue weighted by molar-refractivity contribution is 0.0525. The van der Waals surface area contributed by atoms with Crippen LogP contribution < -0.4 is 0 Å². The molecule has 0 amide bonds. The topological polar surface area (TPSA) is 74.8 Å².